The summed E-state index contributed by atoms with van der Waals surface area (Å²) in [6.45, 7) is -2.70. The zero-order valence-corrected chi connectivity index (χ0v) is 21.9. The average Bonchev–Trinajstić information content (AvgIpc) is 3.82. The van der Waals surface area contributed by atoms with Crippen LogP contribution in [-0.2, 0) is 10.5 Å². The van der Waals surface area contributed by atoms with Gasteiger partial charge in [-0.05, 0) is 30.5 Å². The molecule has 1 aliphatic rings. The first-order valence-electron chi connectivity index (χ1n) is 13.8. The van der Waals surface area contributed by atoms with Crippen molar-refractivity contribution in [3.05, 3.63) is 84.3 Å². The number of para-hydroxylation sites is 1. The van der Waals surface area contributed by atoms with E-state index in [1.165, 1.54) is 24.9 Å². The summed E-state index contributed by atoms with van der Waals surface area (Å²) in [5, 5.41) is 7.89. The number of carbonyl (C=O) groups is 2. The number of carbonyl (C=O) groups excluding carboxylic acids is 2. The number of ether oxygens (including phenoxy) is 1. The molecule has 1 saturated carbocycles. The highest BCUT2D eigenvalue weighted by molar-refractivity contribution is 7.98. The quantitative estimate of drug-likeness (QED) is 0.231. The van der Waals surface area contributed by atoms with Crippen LogP contribution in [0.25, 0.3) is 11.4 Å². The van der Waals surface area contributed by atoms with Crippen LogP contribution in [0, 0.1) is 5.92 Å². The third-order valence-electron chi connectivity index (χ3n) is 6.07. The number of thioether (sulfide) groups is 1. The molecule has 0 bridgehead atoms. The van der Waals surface area contributed by atoms with Crippen molar-refractivity contribution in [1.29, 1.82) is 0 Å². The first-order valence-corrected chi connectivity index (χ1v) is 13.3. The summed E-state index contributed by atoms with van der Waals surface area (Å²) in [4.78, 5) is 39.4. The average molecular weight is 544 g/mol. The summed E-state index contributed by atoms with van der Waals surface area (Å²) in [7, 11) is 1.50. The van der Waals surface area contributed by atoms with Crippen molar-refractivity contribution in [3.8, 4) is 17.1 Å². The van der Waals surface area contributed by atoms with Crippen molar-refractivity contribution < 1.29 is 18.4 Å². The van der Waals surface area contributed by atoms with Gasteiger partial charge in [0.15, 0.2) is 11.6 Å². The predicted octanol–water partition coefficient (Wildman–Crippen LogP) is 5.29. The Bertz CT molecular complexity index is 1580. The molecule has 10 heteroatoms. The fourth-order valence-corrected chi connectivity index (χ4v) is 4.68. The molecule has 9 nitrogen and oxygen atoms in total. The van der Waals surface area contributed by atoms with Crippen LogP contribution in [0.2, 0.25) is 0 Å². The van der Waals surface area contributed by atoms with Crippen LogP contribution in [0.4, 0.5) is 17.2 Å². The van der Waals surface area contributed by atoms with E-state index in [1.54, 1.807) is 36.3 Å². The molecular formula is C29H28N6O3S. The van der Waals surface area contributed by atoms with Crippen molar-refractivity contribution in [2.24, 2.45) is 5.92 Å². The first kappa shape index (κ1) is 22.5. The Morgan fingerprint density at radius 3 is 2.54 bits per heavy atom. The number of nitrogens with one attached hydrogen (secondary N) is 3. The smallest absolute Gasteiger partial charge is 0.254 e. The molecule has 2 aromatic carbocycles. The van der Waals surface area contributed by atoms with Gasteiger partial charge in [-0.1, -0.05) is 36.4 Å². The lowest BCUT2D eigenvalue weighted by atomic mass is 10.1. The van der Waals surface area contributed by atoms with E-state index in [4.69, 9.17) is 8.85 Å². The van der Waals surface area contributed by atoms with Crippen molar-refractivity contribution in [2.75, 3.05) is 24.7 Å². The standard InChI is InChI=1S/C29H28N6O3S/c1-30-29(37)22-16-31-25(35-28(36)19-11-12-19)13-24(22)34-23-10-6-9-21(26(23)38-2)27-32-14-20(15-33-27)39-17-18-7-4-3-5-8-18/h3-10,13-16,19H,11-12,17H2,1-2H3,(H,30,37)(H2,31,34,35,36)/i1D3. The van der Waals surface area contributed by atoms with E-state index in [1.807, 2.05) is 29.6 Å². The first-order chi connectivity index (χ1) is 20.2. The molecule has 0 atom stereocenters. The number of aromatic nitrogens is 3. The molecule has 2 heterocycles. The Morgan fingerprint density at radius 1 is 1.03 bits per heavy atom. The van der Waals surface area contributed by atoms with Crippen molar-refractivity contribution >= 4 is 40.8 Å². The van der Waals surface area contributed by atoms with Gasteiger partial charge in [0.2, 0.25) is 5.91 Å². The summed E-state index contributed by atoms with van der Waals surface area (Å²) in [5.41, 5.74) is 2.47. The third-order valence-corrected chi connectivity index (χ3v) is 7.09. The minimum atomic E-state index is -2.70. The van der Waals surface area contributed by atoms with E-state index in [9.17, 15) is 9.59 Å². The number of nitrogens with zero attached hydrogens (tertiary/aromatic N) is 3. The molecule has 0 spiro atoms. The normalized spacial score (nSPS) is 13.9. The van der Waals surface area contributed by atoms with Crippen LogP contribution in [-0.4, -0.2) is 40.9 Å². The largest absolute Gasteiger partial charge is 0.494 e. The zero-order chi connectivity index (χ0) is 29.7. The Hall–Kier alpha value is -4.44. The molecule has 3 N–H and O–H groups in total. The highest BCUT2D eigenvalue weighted by atomic mass is 32.2. The maximum atomic E-state index is 12.9. The molecule has 0 aliphatic heterocycles. The molecular weight excluding hydrogens is 512 g/mol. The van der Waals surface area contributed by atoms with Gasteiger partial charge in [-0.15, -0.1) is 11.8 Å². The fourth-order valence-electron chi connectivity index (χ4n) is 3.90. The maximum Gasteiger partial charge on any atom is 0.254 e. The second-order valence-electron chi connectivity index (χ2n) is 8.86. The highest BCUT2D eigenvalue weighted by Crippen LogP contribution is 2.38. The number of hydrogen-bond acceptors (Lipinski definition) is 8. The van der Waals surface area contributed by atoms with Gasteiger partial charge in [-0.2, -0.15) is 0 Å². The van der Waals surface area contributed by atoms with Crippen LogP contribution in [0.15, 0.2) is 78.1 Å². The summed E-state index contributed by atoms with van der Waals surface area (Å²) in [6, 6.07) is 16.9. The number of anilines is 3. The van der Waals surface area contributed by atoms with Crippen LogP contribution in [0.3, 0.4) is 0 Å². The van der Waals surface area contributed by atoms with Crippen LogP contribution >= 0.6 is 11.8 Å². The van der Waals surface area contributed by atoms with E-state index < -0.39 is 12.9 Å². The minimum Gasteiger partial charge on any atom is -0.494 e. The Kier molecular flexibility index (Phi) is 6.91. The van der Waals surface area contributed by atoms with E-state index in [0.717, 1.165) is 23.5 Å². The van der Waals surface area contributed by atoms with Gasteiger partial charge in [0.1, 0.15) is 5.82 Å². The van der Waals surface area contributed by atoms with E-state index in [2.05, 4.69) is 37.7 Å². The molecule has 198 valence electrons. The third kappa shape index (κ3) is 6.35. The minimum absolute atomic E-state index is 0.0287. The number of benzene rings is 2. The molecule has 4 aromatic rings. The van der Waals surface area contributed by atoms with Crippen LogP contribution < -0.4 is 20.7 Å². The number of amides is 2. The van der Waals surface area contributed by atoms with Crippen LogP contribution in [0.1, 0.15) is 32.9 Å². The summed E-state index contributed by atoms with van der Waals surface area (Å²) < 4.78 is 28.0. The highest BCUT2D eigenvalue weighted by Gasteiger charge is 2.30. The van der Waals surface area contributed by atoms with E-state index in [-0.39, 0.29) is 28.9 Å². The number of hydrogen-bond donors (Lipinski definition) is 3. The lowest BCUT2D eigenvalue weighted by molar-refractivity contribution is -0.117. The van der Waals surface area contributed by atoms with Gasteiger partial charge in [0, 0.05) is 52.3 Å². The van der Waals surface area contributed by atoms with Gasteiger partial charge in [-0.3, -0.25) is 9.59 Å². The van der Waals surface area contributed by atoms with Crippen molar-refractivity contribution in [1.82, 2.24) is 20.3 Å². The molecule has 0 unspecified atom stereocenters. The van der Waals surface area contributed by atoms with E-state index in [0.29, 0.717) is 22.8 Å². The van der Waals surface area contributed by atoms with Crippen molar-refractivity contribution in [2.45, 2.75) is 23.5 Å². The Labute approximate surface area is 235 Å². The predicted molar refractivity (Wildman–Crippen MR) is 152 cm³/mol. The van der Waals surface area contributed by atoms with E-state index >= 15 is 0 Å². The lowest BCUT2D eigenvalue weighted by Crippen LogP contribution is -2.20. The molecule has 0 saturated heterocycles. The van der Waals surface area contributed by atoms with Crippen LogP contribution in [0.5, 0.6) is 5.75 Å². The maximum absolute atomic E-state index is 12.9. The lowest BCUT2D eigenvalue weighted by Gasteiger charge is -2.17. The molecule has 39 heavy (non-hydrogen) atoms. The Morgan fingerprint density at radius 2 is 1.82 bits per heavy atom. The number of pyridine rings is 1. The van der Waals surface area contributed by atoms with Gasteiger partial charge < -0.3 is 20.7 Å². The van der Waals surface area contributed by atoms with Gasteiger partial charge in [-0.25, -0.2) is 15.0 Å². The van der Waals surface area contributed by atoms with Gasteiger partial charge in [0.25, 0.3) is 5.91 Å². The van der Waals surface area contributed by atoms with Gasteiger partial charge >= 0.3 is 0 Å². The fraction of sp³-hybridized carbons (Fsp3) is 0.207. The topological polar surface area (TPSA) is 118 Å². The summed E-state index contributed by atoms with van der Waals surface area (Å²) in [6.07, 6.45) is 6.36. The number of methoxy groups -OCH3 is 1. The Balaban J connectivity index is 1.41. The molecule has 2 amide bonds. The van der Waals surface area contributed by atoms with Crippen molar-refractivity contribution in [3.63, 3.8) is 0 Å². The molecule has 2 aromatic heterocycles. The molecule has 5 rings (SSSR count). The van der Waals surface area contributed by atoms with Gasteiger partial charge in [0.05, 0.1) is 29.6 Å². The second kappa shape index (κ2) is 12.0. The SMILES string of the molecule is [2H]C([2H])([2H])NC(=O)c1cnc(NC(=O)C2CC2)cc1Nc1cccc(-c2ncc(SCc3ccccc3)cn2)c1OC. The number of rotatable bonds is 10. The monoisotopic (exact) mass is 543 g/mol. The molecule has 0 radical (unpaired) electrons. The summed E-state index contributed by atoms with van der Waals surface area (Å²) >= 11 is 1.63. The second-order valence-corrected chi connectivity index (χ2v) is 9.91. The zero-order valence-electron chi connectivity index (χ0n) is 24.1. The molecule has 1 aliphatic carbocycles. The molecule has 1 fully saturated rings. The summed E-state index contributed by atoms with van der Waals surface area (Å²) in [5.74, 6) is 0.793.